The number of halogens is 4. The van der Waals surface area contributed by atoms with E-state index >= 15 is 0 Å². The normalized spacial score (nSPS) is 13.3. The van der Waals surface area contributed by atoms with E-state index in [2.05, 4.69) is 12.2 Å². The second-order valence-corrected chi connectivity index (χ2v) is 4.98. The molecule has 0 spiro atoms. The molecule has 0 bridgehead atoms. The highest BCUT2D eigenvalue weighted by Crippen LogP contribution is 2.28. The number of hydrogen-bond acceptors (Lipinski definition) is 2. The molecule has 0 aliphatic carbocycles. The van der Waals surface area contributed by atoms with Crippen molar-refractivity contribution in [2.75, 3.05) is 13.2 Å². The summed E-state index contributed by atoms with van der Waals surface area (Å²) in [6.45, 7) is 4.53. The molecule has 0 heterocycles. The Balaban J connectivity index is 2.59. The Hall–Kier alpha value is -0.940. The number of benzene rings is 1. The Morgan fingerprint density at radius 3 is 2.60 bits per heavy atom. The van der Waals surface area contributed by atoms with Gasteiger partial charge in [-0.25, -0.2) is 0 Å². The van der Waals surface area contributed by atoms with Gasteiger partial charge in [-0.2, -0.15) is 13.2 Å². The van der Waals surface area contributed by atoms with Gasteiger partial charge in [0.1, 0.15) is 5.75 Å². The van der Waals surface area contributed by atoms with E-state index < -0.39 is 19.2 Å². The molecule has 0 aliphatic rings. The minimum atomic E-state index is -4.21. The lowest BCUT2D eigenvalue weighted by atomic mass is 10.1. The molecule has 1 aromatic rings. The van der Waals surface area contributed by atoms with Gasteiger partial charge in [0.2, 0.25) is 0 Å². The van der Waals surface area contributed by atoms with Crippen LogP contribution in [0.4, 0.5) is 13.2 Å². The third kappa shape index (κ3) is 6.01. The molecule has 0 aliphatic heterocycles. The van der Waals surface area contributed by atoms with E-state index in [0.717, 1.165) is 18.5 Å². The van der Waals surface area contributed by atoms with Crippen molar-refractivity contribution in [2.24, 2.45) is 0 Å². The molecule has 0 aromatic heterocycles. The first-order chi connectivity index (χ1) is 9.33. The van der Waals surface area contributed by atoms with Crippen molar-refractivity contribution in [3.63, 3.8) is 0 Å². The van der Waals surface area contributed by atoms with E-state index in [4.69, 9.17) is 16.3 Å². The van der Waals surface area contributed by atoms with Gasteiger partial charge in [-0.05, 0) is 37.6 Å². The SMILES string of the molecule is CCCNC(C)c1ccc(OCCC(F)(F)F)cc1Cl. The molecule has 0 radical (unpaired) electrons. The zero-order valence-corrected chi connectivity index (χ0v) is 12.3. The lowest BCUT2D eigenvalue weighted by Crippen LogP contribution is -2.19. The topological polar surface area (TPSA) is 21.3 Å². The first-order valence-electron chi connectivity index (χ1n) is 6.56. The van der Waals surface area contributed by atoms with Crippen LogP contribution in [0.3, 0.4) is 0 Å². The van der Waals surface area contributed by atoms with Gasteiger partial charge in [-0.1, -0.05) is 24.6 Å². The van der Waals surface area contributed by atoms with Gasteiger partial charge in [0.05, 0.1) is 13.0 Å². The van der Waals surface area contributed by atoms with Gasteiger partial charge in [0.15, 0.2) is 0 Å². The van der Waals surface area contributed by atoms with Gasteiger partial charge in [-0.15, -0.1) is 0 Å². The third-order valence-electron chi connectivity index (χ3n) is 2.79. The molecule has 1 N–H and O–H groups in total. The maximum atomic E-state index is 12.0. The molecule has 1 aromatic carbocycles. The van der Waals surface area contributed by atoms with Crippen molar-refractivity contribution in [1.82, 2.24) is 5.32 Å². The Labute approximate surface area is 122 Å². The monoisotopic (exact) mass is 309 g/mol. The summed E-state index contributed by atoms with van der Waals surface area (Å²) in [4.78, 5) is 0. The highest BCUT2D eigenvalue weighted by Gasteiger charge is 2.26. The minimum absolute atomic E-state index is 0.0895. The number of rotatable bonds is 7. The fraction of sp³-hybridized carbons (Fsp3) is 0.571. The summed E-state index contributed by atoms with van der Waals surface area (Å²) in [5, 5.41) is 3.79. The summed E-state index contributed by atoms with van der Waals surface area (Å²) in [5.74, 6) is 0.352. The molecule has 2 nitrogen and oxygen atoms in total. The second kappa shape index (κ2) is 7.74. The van der Waals surface area contributed by atoms with Crippen molar-refractivity contribution >= 4 is 11.6 Å². The van der Waals surface area contributed by atoms with Crippen LogP contribution in [-0.2, 0) is 0 Å². The van der Waals surface area contributed by atoms with Crippen molar-refractivity contribution in [1.29, 1.82) is 0 Å². The zero-order valence-electron chi connectivity index (χ0n) is 11.6. The molecule has 114 valence electrons. The van der Waals surface area contributed by atoms with Gasteiger partial charge in [0, 0.05) is 11.1 Å². The molecular formula is C14H19ClF3NO. The van der Waals surface area contributed by atoms with Crippen LogP contribution >= 0.6 is 11.6 Å². The van der Waals surface area contributed by atoms with E-state index in [1.165, 1.54) is 0 Å². The molecule has 1 atom stereocenters. The predicted molar refractivity (Wildman–Crippen MR) is 74.3 cm³/mol. The van der Waals surface area contributed by atoms with Crippen molar-refractivity contribution in [3.05, 3.63) is 28.8 Å². The van der Waals surface area contributed by atoms with E-state index in [1.807, 2.05) is 6.92 Å². The Morgan fingerprint density at radius 2 is 2.05 bits per heavy atom. The molecular weight excluding hydrogens is 291 g/mol. The summed E-state index contributed by atoms with van der Waals surface area (Å²) in [6.07, 6.45) is -4.16. The Bertz CT molecular complexity index is 423. The summed E-state index contributed by atoms with van der Waals surface area (Å²) in [5.41, 5.74) is 0.906. The van der Waals surface area contributed by atoms with Crippen LogP contribution in [0.15, 0.2) is 18.2 Å². The van der Waals surface area contributed by atoms with E-state index in [0.29, 0.717) is 10.8 Å². The third-order valence-corrected chi connectivity index (χ3v) is 3.12. The van der Waals surface area contributed by atoms with Crippen molar-refractivity contribution < 1.29 is 17.9 Å². The Kier molecular flexibility index (Phi) is 6.62. The molecule has 0 saturated carbocycles. The quantitative estimate of drug-likeness (QED) is 0.786. The molecule has 0 saturated heterocycles. The molecule has 1 unspecified atom stereocenters. The average molecular weight is 310 g/mol. The van der Waals surface area contributed by atoms with Crippen LogP contribution in [0.2, 0.25) is 5.02 Å². The summed E-state index contributed by atoms with van der Waals surface area (Å²) in [6, 6.07) is 5.06. The number of nitrogens with one attached hydrogen (secondary N) is 1. The predicted octanol–water partition coefficient (Wildman–Crippen LogP) is 4.73. The van der Waals surface area contributed by atoms with Crippen LogP contribution in [0.1, 0.15) is 38.3 Å². The largest absolute Gasteiger partial charge is 0.493 e. The fourth-order valence-corrected chi connectivity index (χ4v) is 2.04. The fourth-order valence-electron chi connectivity index (χ4n) is 1.70. The Morgan fingerprint density at radius 1 is 1.35 bits per heavy atom. The minimum Gasteiger partial charge on any atom is -0.493 e. The first kappa shape index (κ1) is 17.1. The molecule has 1 rings (SSSR count). The maximum absolute atomic E-state index is 12.0. The molecule has 20 heavy (non-hydrogen) atoms. The molecule has 0 fully saturated rings. The standard InChI is InChI=1S/C14H19ClF3NO/c1-3-7-19-10(2)12-5-4-11(9-13(12)15)20-8-6-14(16,17)18/h4-5,9-10,19H,3,6-8H2,1-2H3. The van der Waals surface area contributed by atoms with Crippen LogP contribution in [0, 0.1) is 0 Å². The number of ether oxygens (including phenoxy) is 1. The lowest BCUT2D eigenvalue weighted by molar-refractivity contribution is -0.139. The highest BCUT2D eigenvalue weighted by molar-refractivity contribution is 6.31. The van der Waals surface area contributed by atoms with Crippen LogP contribution in [0.25, 0.3) is 0 Å². The molecule has 6 heteroatoms. The summed E-state index contributed by atoms with van der Waals surface area (Å²) in [7, 11) is 0. The van der Waals surface area contributed by atoms with E-state index in [9.17, 15) is 13.2 Å². The first-order valence-corrected chi connectivity index (χ1v) is 6.93. The van der Waals surface area contributed by atoms with Gasteiger partial charge in [-0.3, -0.25) is 0 Å². The lowest BCUT2D eigenvalue weighted by Gasteiger charge is -2.16. The smallest absolute Gasteiger partial charge is 0.392 e. The maximum Gasteiger partial charge on any atom is 0.392 e. The van der Waals surface area contributed by atoms with Crippen molar-refractivity contribution in [2.45, 2.75) is 38.9 Å². The van der Waals surface area contributed by atoms with E-state index in [1.54, 1.807) is 18.2 Å². The van der Waals surface area contributed by atoms with Crippen LogP contribution in [0.5, 0.6) is 5.75 Å². The summed E-state index contributed by atoms with van der Waals surface area (Å²) >= 11 is 6.13. The number of hydrogen-bond donors (Lipinski definition) is 1. The van der Waals surface area contributed by atoms with Gasteiger partial charge in [0.25, 0.3) is 0 Å². The van der Waals surface area contributed by atoms with Gasteiger partial charge >= 0.3 is 6.18 Å². The van der Waals surface area contributed by atoms with Crippen LogP contribution < -0.4 is 10.1 Å². The molecule has 0 amide bonds. The highest BCUT2D eigenvalue weighted by atomic mass is 35.5. The average Bonchev–Trinajstić information content (AvgIpc) is 2.34. The zero-order chi connectivity index (χ0) is 15.2. The number of alkyl halides is 3. The van der Waals surface area contributed by atoms with E-state index in [-0.39, 0.29) is 6.04 Å². The second-order valence-electron chi connectivity index (χ2n) is 4.57. The summed E-state index contributed by atoms with van der Waals surface area (Å²) < 4.78 is 41.1. The van der Waals surface area contributed by atoms with Gasteiger partial charge < -0.3 is 10.1 Å². The van der Waals surface area contributed by atoms with Crippen LogP contribution in [-0.4, -0.2) is 19.3 Å². The van der Waals surface area contributed by atoms with Crippen molar-refractivity contribution in [3.8, 4) is 5.75 Å².